The minimum absolute atomic E-state index is 0.0243. The maximum atomic E-state index is 12.9. The van der Waals surface area contributed by atoms with Crippen molar-refractivity contribution in [2.45, 2.75) is 19.9 Å². The Labute approximate surface area is 166 Å². The summed E-state index contributed by atoms with van der Waals surface area (Å²) in [5.74, 6) is -2.98. The molecular weight excluding hydrogens is 444 g/mol. The number of amides is 3. The van der Waals surface area contributed by atoms with Gasteiger partial charge in [0.25, 0.3) is 11.8 Å². The molecule has 1 aromatic carbocycles. The van der Waals surface area contributed by atoms with Crippen LogP contribution in [-0.4, -0.2) is 44.1 Å². The molecule has 2 heterocycles. The van der Waals surface area contributed by atoms with Crippen molar-refractivity contribution in [3.63, 3.8) is 0 Å². The average Bonchev–Trinajstić information content (AvgIpc) is 2.99. The summed E-state index contributed by atoms with van der Waals surface area (Å²) in [5.41, 5.74) is 0.842. The van der Waals surface area contributed by atoms with Crippen LogP contribution < -0.4 is 4.90 Å². The Morgan fingerprint density at radius 3 is 2.50 bits per heavy atom. The molecule has 0 unspecified atom stereocenters. The second kappa shape index (κ2) is 6.60. The lowest BCUT2D eigenvalue weighted by Gasteiger charge is -2.18. The number of rotatable bonds is 2. The minimum atomic E-state index is -1.21. The van der Waals surface area contributed by atoms with Gasteiger partial charge in [-0.25, -0.2) is 9.69 Å². The van der Waals surface area contributed by atoms with Gasteiger partial charge in [0.15, 0.2) is 0 Å². The largest absolute Gasteiger partial charge is 0.480 e. The van der Waals surface area contributed by atoms with Gasteiger partial charge in [-0.2, -0.15) is 0 Å². The number of benzene rings is 1. The zero-order valence-corrected chi connectivity index (χ0v) is 16.7. The highest BCUT2D eigenvalue weighted by atomic mass is 79.9. The normalized spacial score (nSPS) is 20.7. The van der Waals surface area contributed by atoms with Gasteiger partial charge in [-0.05, 0) is 25.1 Å². The van der Waals surface area contributed by atoms with E-state index in [1.165, 1.54) is 13.8 Å². The number of carbonyl (C=O) groups excluding carboxylic acids is 3. The van der Waals surface area contributed by atoms with Gasteiger partial charge in [0.1, 0.15) is 10.4 Å². The highest BCUT2D eigenvalue weighted by Crippen LogP contribution is 2.45. The van der Waals surface area contributed by atoms with E-state index >= 15 is 0 Å². The quantitative estimate of drug-likeness (QED) is 0.541. The van der Waals surface area contributed by atoms with Crippen molar-refractivity contribution in [3.05, 3.63) is 33.1 Å². The topological polar surface area (TPSA) is 95.0 Å². The number of halogens is 1. The van der Waals surface area contributed by atoms with Crippen LogP contribution in [0, 0.1) is 0 Å². The summed E-state index contributed by atoms with van der Waals surface area (Å²) >= 11 is 9.32. The van der Waals surface area contributed by atoms with Crippen LogP contribution in [0.3, 0.4) is 0 Å². The van der Waals surface area contributed by atoms with Gasteiger partial charge in [0.2, 0.25) is 5.91 Å². The van der Waals surface area contributed by atoms with E-state index in [1.807, 2.05) is 0 Å². The van der Waals surface area contributed by atoms with Crippen LogP contribution in [0.1, 0.15) is 19.4 Å². The highest BCUT2D eigenvalue weighted by molar-refractivity contribution is 9.10. The number of fused-ring (bicyclic) bond motifs is 1. The first kappa shape index (κ1) is 18.7. The number of thiocarbonyl (C=S) groups is 1. The molecular formula is C16H11BrN2O5S2. The Hall–Kier alpha value is -2.04. The number of aliphatic carboxylic acids is 1. The number of nitrogens with zero attached hydrogens (tertiary/aromatic N) is 2. The molecule has 0 spiro atoms. The molecule has 0 saturated carbocycles. The molecule has 2 aliphatic rings. The van der Waals surface area contributed by atoms with Crippen molar-refractivity contribution >= 4 is 79.2 Å². The summed E-state index contributed by atoms with van der Waals surface area (Å²) in [6.45, 7) is 2.59. The predicted octanol–water partition coefficient (Wildman–Crippen LogP) is 2.39. The first-order valence-electron chi connectivity index (χ1n) is 7.32. The van der Waals surface area contributed by atoms with E-state index in [4.69, 9.17) is 12.2 Å². The minimum Gasteiger partial charge on any atom is -0.480 e. The van der Waals surface area contributed by atoms with Crippen molar-refractivity contribution in [3.8, 4) is 0 Å². The van der Waals surface area contributed by atoms with E-state index in [0.29, 0.717) is 15.7 Å². The third kappa shape index (κ3) is 2.78. The smallest absolute Gasteiger partial charge is 0.326 e. The van der Waals surface area contributed by atoms with Crippen LogP contribution in [-0.2, 0) is 19.2 Å². The molecule has 2 aliphatic heterocycles. The Morgan fingerprint density at radius 2 is 1.92 bits per heavy atom. The maximum absolute atomic E-state index is 12.9. The van der Waals surface area contributed by atoms with Crippen LogP contribution in [0.5, 0.6) is 0 Å². The summed E-state index contributed by atoms with van der Waals surface area (Å²) in [5, 5.41) is 9.19. The highest BCUT2D eigenvalue weighted by Gasteiger charge is 2.45. The molecule has 10 heteroatoms. The third-order valence-electron chi connectivity index (χ3n) is 3.97. The molecule has 1 aromatic rings. The molecule has 1 N–H and O–H groups in total. The molecule has 0 bridgehead atoms. The Morgan fingerprint density at radius 1 is 1.27 bits per heavy atom. The van der Waals surface area contributed by atoms with Crippen molar-refractivity contribution in [2.75, 3.05) is 4.90 Å². The molecule has 0 aliphatic carbocycles. The number of thioether (sulfide) groups is 1. The lowest BCUT2D eigenvalue weighted by atomic mass is 10.1. The lowest BCUT2D eigenvalue weighted by Crippen LogP contribution is -2.41. The zero-order valence-electron chi connectivity index (χ0n) is 13.5. The van der Waals surface area contributed by atoms with Crippen LogP contribution in [0.2, 0.25) is 0 Å². The van der Waals surface area contributed by atoms with E-state index in [0.717, 1.165) is 21.6 Å². The maximum Gasteiger partial charge on any atom is 0.326 e. The molecule has 3 rings (SSSR count). The van der Waals surface area contributed by atoms with Crippen LogP contribution in [0.4, 0.5) is 5.69 Å². The summed E-state index contributed by atoms with van der Waals surface area (Å²) in [6, 6.07) is 3.76. The van der Waals surface area contributed by atoms with Crippen molar-refractivity contribution in [1.29, 1.82) is 0 Å². The van der Waals surface area contributed by atoms with Crippen LogP contribution in [0.15, 0.2) is 27.6 Å². The fourth-order valence-corrected chi connectivity index (χ4v) is 4.60. The monoisotopic (exact) mass is 454 g/mol. The number of imide groups is 1. The molecule has 0 radical (unpaired) electrons. The molecule has 7 nitrogen and oxygen atoms in total. The molecule has 26 heavy (non-hydrogen) atoms. The zero-order chi connectivity index (χ0) is 19.3. The molecule has 0 aromatic heterocycles. The standard InChI is InChI=1S/C16H11BrN2O5S2/c1-6(15(23)24)18-14(22)12(26-16(18)25)11-9-5-8(17)3-4-10(9)19(7(2)20)13(11)21/h3-6H,1-2H3,(H,23,24)/b12-11-/t6-/m1/s1. The number of hydrogen-bond donors (Lipinski definition) is 1. The van der Waals surface area contributed by atoms with E-state index in [2.05, 4.69) is 15.9 Å². The summed E-state index contributed by atoms with van der Waals surface area (Å²) in [7, 11) is 0. The summed E-state index contributed by atoms with van der Waals surface area (Å²) < 4.78 is 0.722. The van der Waals surface area contributed by atoms with Gasteiger partial charge in [0, 0.05) is 17.0 Å². The van der Waals surface area contributed by atoms with Gasteiger partial charge in [-0.1, -0.05) is 39.9 Å². The summed E-state index contributed by atoms with van der Waals surface area (Å²) in [6.07, 6.45) is 0. The van der Waals surface area contributed by atoms with E-state index in [1.54, 1.807) is 18.2 Å². The SMILES string of the molecule is CC(=O)N1C(=O)/C(=C2\SC(=S)N([C@H](C)C(=O)O)C2=O)c2cc(Br)ccc21. The molecule has 1 fully saturated rings. The van der Waals surface area contributed by atoms with Crippen molar-refractivity contribution in [1.82, 2.24) is 4.90 Å². The van der Waals surface area contributed by atoms with E-state index in [9.17, 15) is 24.3 Å². The van der Waals surface area contributed by atoms with E-state index < -0.39 is 29.7 Å². The molecule has 1 saturated heterocycles. The Balaban J connectivity index is 2.20. The third-order valence-corrected chi connectivity index (χ3v) is 5.87. The number of carboxylic acid groups (broad SMARTS) is 1. The van der Waals surface area contributed by atoms with Gasteiger partial charge < -0.3 is 5.11 Å². The number of carbonyl (C=O) groups is 4. The van der Waals surface area contributed by atoms with Gasteiger partial charge in [-0.3, -0.25) is 19.3 Å². The lowest BCUT2D eigenvalue weighted by molar-refractivity contribution is -0.144. The second-order valence-electron chi connectivity index (χ2n) is 5.58. The Kier molecular flexibility index (Phi) is 4.76. The molecule has 134 valence electrons. The Bertz CT molecular complexity index is 943. The fourth-order valence-electron chi connectivity index (χ4n) is 2.75. The van der Waals surface area contributed by atoms with Crippen LogP contribution >= 0.6 is 39.9 Å². The summed E-state index contributed by atoms with van der Waals surface area (Å²) in [4.78, 5) is 50.8. The van der Waals surface area contributed by atoms with Crippen LogP contribution in [0.25, 0.3) is 5.57 Å². The van der Waals surface area contributed by atoms with Gasteiger partial charge in [0.05, 0.1) is 16.2 Å². The number of carboxylic acids is 1. The number of anilines is 1. The first-order chi connectivity index (χ1) is 12.1. The average molecular weight is 455 g/mol. The second-order valence-corrected chi connectivity index (χ2v) is 8.14. The molecule has 1 atom stereocenters. The van der Waals surface area contributed by atoms with E-state index in [-0.39, 0.29) is 14.8 Å². The fraction of sp³-hybridized carbons (Fsp3) is 0.188. The van der Waals surface area contributed by atoms with Gasteiger partial charge in [-0.15, -0.1) is 0 Å². The van der Waals surface area contributed by atoms with Crippen molar-refractivity contribution in [2.24, 2.45) is 0 Å². The van der Waals surface area contributed by atoms with Gasteiger partial charge >= 0.3 is 5.97 Å². The number of hydrogen-bond acceptors (Lipinski definition) is 6. The van der Waals surface area contributed by atoms with Crippen molar-refractivity contribution < 1.29 is 24.3 Å². The first-order valence-corrected chi connectivity index (χ1v) is 9.34. The predicted molar refractivity (Wildman–Crippen MR) is 103 cm³/mol. The molecule has 3 amide bonds.